The molecular weight excluding hydrogens is 234 g/mol. The zero-order valence-corrected chi connectivity index (χ0v) is 10.7. The quantitative estimate of drug-likeness (QED) is 0.742. The van der Waals surface area contributed by atoms with Gasteiger partial charge in [-0.1, -0.05) is 17.7 Å². The van der Waals surface area contributed by atoms with E-state index in [1.54, 1.807) is 0 Å². The van der Waals surface area contributed by atoms with Crippen LogP contribution in [0.1, 0.15) is 18.0 Å². The van der Waals surface area contributed by atoms with E-state index < -0.39 is 0 Å². The summed E-state index contributed by atoms with van der Waals surface area (Å²) in [5, 5.41) is 4.37. The number of rotatable bonds is 0. The van der Waals surface area contributed by atoms with Crippen molar-refractivity contribution in [3.05, 3.63) is 28.8 Å². The second kappa shape index (κ2) is 4.16. The zero-order valence-electron chi connectivity index (χ0n) is 9.99. The van der Waals surface area contributed by atoms with Crippen molar-refractivity contribution < 1.29 is 0 Å². The van der Waals surface area contributed by atoms with Gasteiger partial charge in [0.15, 0.2) is 0 Å². The molecule has 2 aliphatic rings. The van der Waals surface area contributed by atoms with E-state index in [1.807, 2.05) is 12.1 Å². The third-order valence-corrected chi connectivity index (χ3v) is 4.27. The molecule has 0 amide bonds. The molecular formula is C13H18ClN3. The van der Waals surface area contributed by atoms with Gasteiger partial charge in [-0.3, -0.25) is 0 Å². The van der Waals surface area contributed by atoms with Crippen molar-refractivity contribution in [3.8, 4) is 0 Å². The van der Waals surface area contributed by atoms with Crippen LogP contribution in [0, 0.1) is 5.92 Å². The maximum Gasteiger partial charge on any atom is 0.0426 e. The molecule has 1 aromatic rings. The number of nitrogens with two attached hydrogens (primary N) is 1. The fourth-order valence-electron chi connectivity index (χ4n) is 3.07. The highest BCUT2D eigenvalue weighted by atomic mass is 35.5. The smallest absolute Gasteiger partial charge is 0.0426 e. The molecule has 0 saturated carbocycles. The molecule has 0 aromatic heterocycles. The summed E-state index contributed by atoms with van der Waals surface area (Å²) in [6.07, 6.45) is 1.15. The number of anilines is 1. The molecule has 1 fully saturated rings. The predicted molar refractivity (Wildman–Crippen MR) is 71.4 cm³/mol. The first kappa shape index (κ1) is 11.3. The van der Waals surface area contributed by atoms with Gasteiger partial charge in [0.2, 0.25) is 0 Å². The molecule has 1 saturated heterocycles. The highest BCUT2D eigenvalue weighted by molar-refractivity contribution is 6.30. The van der Waals surface area contributed by atoms with Crippen LogP contribution in [0.4, 0.5) is 5.69 Å². The minimum absolute atomic E-state index is 0.122. The van der Waals surface area contributed by atoms with Crippen LogP contribution in [0.2, 0.25) is 5.02 Å². The van der Waals surface area contributed by atoms with Gasteiger partial charge in [0.05, 0.1) is 0 Å². The summed E-state index contributed by atoms with van der Waals surface area (Å²) in [5.41, 5.74) is 8.72. The van der Waals surface area contributed by atoms with Gasteiger partial charge in [-0.25, -0.2) is 0 Å². The minimum atomic E-state index is 0.122. The Morgan fingerprint density at radius 2 is 2.29 bits per heavy atom. The molecule has 2 heterocycles. The lowest BCUT2D eigenvalue weighted by molar-refractivity contribution is 0.168. The summed E-state index contributed by atoms with van der Waals surface area (Å²) in [4.78, 5) is 2.36. The van der Waals surface area contributed by atoms with Crippen LogP contribution < -0.4 is 11.1 Å². The number of hydrogen-bond acceptors (Lipinski definition) is 3. The molecule has 1 aromatic carbocycles. The maximum absolute atomic E-state index is 6.40. The monoisotopic (exact) mass is 251 g/mol. The summed E-state index contributed by atoms with van der Waals surface area (Å²) in [7, 11) is 2.17. The Bertz CT molecular complexity index is 435. The third-order valence-electron chi connectivity index (χ3n) is 4.04. The summed E-state index contributed by atoms with van der Waals surface area (Å²) >= 11 is 6.03. The second-order valence-electron chi connectivity index (χ2n) is 5.22. The Hall–Kier alpha value is -0.770. The fourth-order valence-corrected chi connectivity index (χ4v) is 3.24. The van der Waals surface area contributed by atoms with Crippen molar-refractivity contribution in [1.82, 2.24) is 4.90 Å². The fraction of sp³-hybridized carbons (Fsp3) is 0.538. The summed E-state index contributed by atoms with van der Waals surface area (Å²) in [6.45, 7) is 2.21. The van der Waals surface area contributed by atoms with Crippen molar-refractivity contribution >= 4 is 17.3 Å². The van der Waals surface area contributed by atoms with Gasteiger partial charge < -0.3 is 16.0 Å². The number of piperidine rings is 1. The average molecular weight is 252 g/mol. The molecule has 0 bridgehead atoms. The molecule has 0 spiro atoms. The molecule has 3 rings (SSSR count). The van der Waals surface area contributed by atoms with Gasteiger partial charge in [0.25, 0.3) is 0 Å². The first-order valence-electron chi connectivity index (χ1n) is 6.15. The van der Waals surface area contributed by atoms with Gasteiger partial charge in [-0.15, -0.1) is 0 Å². The van der Waals surface area contributed by atoms with Crippen LogP contribution in [0.3, 0.4) is 0 Å². The number of fused-ring (bicyclic) bond motifs is 2. The van der Waals surface area contributed by atoms with Gasteiger partial charge in [0.1, 0.15) is 0 Å². The molecule has 2 aliphatic heterocycles. The number of likely N-dealkylation sites (tertiary alicyclic amines) is 1. The van der Waals surface area contributed by atoms with E-state index in [0.29, 0.717) is 12.0 Å². The topological polar surface area (TPSA) is 41.3 Å². The molecule has 3 atom stereocenters. The van der Waals surface area contributed by atoms with Crippen LogP contribution in [0.25, 0.3) is 0 Å². The van der Waals surface area contributed by atoms with Gasteiger partial charge in [-0.05, 0) is 37.7 Å². The highest BCUT2D eigenvalue weighted by Gasteiger charge is 2.37. The first-order valence-corrected chi connectivity index (χ1v) is 6.53. The Labute approximate surface area is 107 Å². The van der Waals surface area contributed by atoms with Crippen molar-refractivity contribution in [2.45, 2.75) is 18.5 Å². The Kier molecular flexibility index (Phi) is 2.77. The van der Waals surface area contributed by atoms with Gasteiger partial charge in [0, 0.05) is 35.3 Å². The minimum Gasteiger partial charge on any atom is -0.382 e. The molecule has 3 nitrogen and oxygen atoms in total. The van der Waals surface area contributed by atoms with Crippen LogP contribution in [0.5, 0.6) is 0 Å². The average Bonchev–Trinajstić information content (AvgIpc) is 2.30. The first-order chi connectivity index (χ1) is 8.15. The highest BCUT2D eigenvalue weighted by Crippen LogP contribution is 2.39. The molecule has 92 valence electrons. The van der Waals surface area contributed by atoms with Crippen molar-refractivity contribution in [2.75, 3.05) is 25.5 Å². The van der Waals surface area contributed by atoms with Crippen molar-refractivity contribution in [3.63, 3.8) is 0 Å². The number of nitrogens with one attached hydrogen (secondary N) is 1. The Morgan fingerprint density at radius 3 is 3.12 bits per heavy atom. The molecule has 0 radical (unpaired) electrons. The number of hydrogen-bond donors (Lipinski definition) is 2. The lowest BCUT2D eigenvalue weighted by Gasteiger charge is -2.44. The molecule has 3 unspecified atom stereocenters. The lowest BCUT2D eigenvalue weighted by atomic mass is 9.79. The van der Waals surface area contributed by atoms with E-state index in [0.717, 1.165) is 30.2 Å². The van der Waals surface area contributed by atoms with Crippen molar-refractivity contribution in [2.24, 2.45) is 11.7 Å². The maximum atomic E-state index is 6.40. The van der Waals surface area contributed by atoms with E-state index in [2.05, 4.69) is 23.3 Å². The van der Waals surface area contributed by atoms with Crippen LogP contribution in [-0.4, -0.2) is 31.1 Å². The molecule has 17 heavy (non-hydrogen) atoms. The van der Waals surface area contributed by atoms with E-state index >= 15 is 0 Å². The van der Waals surface area contributed by atoms with Crippen LogP contribution >= 0.6 is 11.6 Å². The standard InChI is InChI=1S/C13H18ClN3/c1-17-5-4-11-10(7-17)13(15)9-3-2-8(14)6-12(9)16-11/h2-3,6,10-11,13,16H,4-5,7,15H2,1H3. The normalized spacial score (nSPS) is 32.5. The SMILES string of the molecule is CN1CCC2Nc3cc(Cl)ccc3C(N)C2C1. The van der Waals surface area contributed by atoms with Gasteiger partial charge >= 0.3 is 0 Å². The van der Waals surface area contributed by atoms with Crippen molar-refractivity contribution in [1.29, 1.82) is 0 Å². The largest absolute Gasteiger partial charge is 0.382 e. The number of halogens is 1. The molecule has 3 N–H and O–H groups in total. The summed E-state index contributed by atoms with van der Waals surface area (Å²) in [5.74, 6) is 0.502. The second-order valence-corrected chi connectivity index (χ2v) is 5.66. The zero-order chi connectivity index (χ0) is 12.0. The van der Waals surface area contributed by atoms with Gasteiger partial charge in [-0.2, -0.15) is 0 Å². The lowest BCUT2D eigenvalue weighted by Crippen LogP contribution is -2.51. The predicted octanol–water partition coefficient (Wildman–Crippen LogP) is 2.09. The number of nitrogens with zero attached hydrogens (tertiary/aromatic N) is 1. The molecule has 0 aliphatic carbocycles. The summed E-state index contributed by atoms with van der Waals surface area (Å²) < 4.78 is 0. The van der Waals surface area contributed by atoms with E-state index in [1.165, 1.54) is 5.56 Å². The van der Waals surface area contributed by atoms with Crippen LogP contribution in [0.15, 0.2) is 18.2 Å². The number of benzene rings is 1. The van der Waals surface area contributed by atoms with E-state index in [-0.39, 0.29) is 6.04 Å². The summed E-state index contributed by atoms with van der Waals surface area (Å²) in [6, 6.07) is 6.59. The molecule has 4 heteroatoms. The Morgan fingerprint density at radius 1 is 1.47 bits per heavy atom. The van der Waals surface area contributed by atoms with E-state index in [9.17, 15) is 0 Å². The Balaban J connectivity index is 1.96. The van der Waals surface area contributed by atoms with E-state index in [4.69, 9.17) is 17.3 Å². The van der Waals surface area contributed by atoms with Crippen LogP contribution in [-0.2, 0) is 0 Å². The third kappa shape index (κ3) is 1.92.